The maximum absolute atomic E-state index is 10.0. The molecule has 0 fully saturated rings. The van der Waals surface area contributed by atoms with Crippen LogP contribution < -0.4 is 0 Å². The molecule has 0 unspecified atom stereocenters. The summed E-state index contributed by atoms with van der Waals surface area (Å²) in [4.78, 5) is 40.0. The van der Waals surface area contributed by atoms with E-state index in [0.29, 0.717) is 0 Å². The zero-order chi connectivity index (χ0) is 13.1. The third kappa shape index (κ3) is 20.8. The number of carbonyl (C=O) groups excluding carboxylic acids is 4. The van der Waals surface area contributed by atoms with Crippen molar-refractivity contribution in [3.05, 3.63) is 22.1 Å². The van der Waals surface area contributed by atoms with Crippen LogP contribution in [0.1, 0.15) is 13.8 Å². The van der Waals surface area contributed by atoms with E-state index in [0.717, 1.165) is 0 Å². The number of nitrogens with zero attached hydrogens (tertiary/aromatic N) is 2. The maximum atomic E-state index is 10.0. The molecule has 2 N–H and O–H groups in total. The topological polar surface area (TPSA) is 144 Å². The molecule has 0 aliphatic rings. The van der Waals surface area contributed by atoms with E-state index in [2.05, 4.69) is 10.6 Å². The fourth-order valence-corrected chi connectivity index (χ4v) is 0.430. The summed E-state index contributed by atoms with van der Waals surface area (Å²) >= 11 is 0. The first kappa shape index (κ1) is 21.2. The molecule has 0 aromatic rings. The molecule has 0 heterocycles. The first-order valence-electron chi connectivity index (χ1n) is 4.13. The van der Waals surface area contributed by atoms with Gasteiger partial charge >= 0.3 is 0 Å². The Morgan fingerprint density at radius 2 is 1.06 bits per heavy atom. The number of nitrogens with one attached hydrogen (secondary N) is 2. The average molecular weight is 335 g/mol. The van der Waals surface area contributed by atoms with Crippen molar-refractivity contribution in [1.82, 2.24) is 0 Å². The van der Waals surface area contributed by atoms with Gasteiger partial charge < -0.3 is 41.3 Å². The van der Waals surface area contributed by atoms with E-state index in [4.69, 9.17) is 11.5 Å². The van der Waals surface area contributed by atoms with Gasteiger partial charge in [0.15, 0.2) is 0 Å². The van der Waals surface area contributed by atoms with Crippen LogP contribution >= 0.6 is 0 Å². The molecular weight excluding hydrogens is 323 g/mol. The maximum Gasteiger partial charge on any atom is 0.0533 e. The summed E-state index contributed by atoms with van der Waals surface area (Å²) < 4.78 is 0. The van der Waals surface area contributed by atoms with Crippen molar-refractivity contribution in [2.75, 3.05) is 13.1 Å². The molecule has 17 heavy (non-hydrogen) atoms. The van der Waals surface area contributed by atoms with E-state index >= 15 is 0 Å². The van der Waals surface area contributed by atoms with Crippen LogP contribution in [0, 0.1) is 0 Å². The molecule has 4 amide bonds. The Kier molecular flexibility index (Phi) is 16.1. The Hall–Kier alpha value is -1.14. The summed E-state index contributed by atoms with van der Waals surface area (Å²) in [5.41, 5.74) is 12.8. The summed E-state index contributed by atoms with van der Waals surface area (Å²) in [6.07, 6.45) is 0. The molecule has 0 aliphatic heterocycles. The molecule has 0 aromatic heterocycles. The standard InChI is InChI=1S/2C4H7N2O2.Pd/c2*1-3(7)6-4(8)2-5;/h2*5H,2H2,1H3,(H,6,7,8);/q2*-1;/p-2. The SMILES string of the molecule is CC(=O)[N-]C(=O)C[NH-].CC(=O)[N-]C(=O)C[NH-].[Pd]. The third-order valence-corrected chi connectivity index (χ3v) is 0.867. The largest absolute Gasteiger partial charge is 0.673 e. The number of carbonyl (C=O) groups is 4. The van der Waals surface area contributed by atoms with Crippen molar-refractivity contribution in [1.29, 1.82) is 0 Å². The normalized spacial score (nSPS) is 7.76. The molecule has 0 atom stereocenters. The Bertz CT molecular complexity index is 255. The van der Waals surface area contributed by atoms with Gasteiger partial charge in [-0.1, -0.05) is 0 Å². The number of amides is 4. The minimum Gasteiger partial charge on any atom is -0.673 e. The first-order chi connectivity index (χ1) is 7.33. The molecule has 0 spiro atoms. The Morgan fingerprint density at radius 3 is 1.12 bits per heavy atom. The smallest absolute Gasteiger partial charge is 0.0533 e. The van der Waals surface area contributed by atoms with Crippen molar-refractivity contribution in [2.45, 2.75) is 13.8 Å². The Morgan fingerprint density at radius 1 is 0.824 bits per heavy atom. The second-order valence-electron chi connectivity index (χ2n) is 2.40. The molecule has 0 rings (SSSR count). The van der Waals surface area contributed by atoms with Gasteiger partial charge in [0.25, 0.3) is 0 Å². The summed E-state index contributed by atoms with van der Waals surface area (Å²) in [6.45, 7) is 1.46. The molecule has 0 aromatic carbocycles. The minimum absolute atomic E-state index is 0. The van der Waals surface area contributed by atoms with Crippen LogP contribution in [0.25, 0.3) is 22.1 Å². The number of hydrogen-bond donors (Lipinski definition) is 0. The van der Waals surface area contributed by atoms with Gasteiger partial charge in [-0.25, -0.2) is 0 Å². The molecule has 8 nitrogen and oxygen atoms in total. The van der Waals surface area contributed by atoms with Gasteiger partial charge in [-0.05, 0) is 13.8 Å². The van der Waals surface area contributed by atoms with Crippen molar-refractivity contribution in [3.63, 3.8) is 0 Å². The van der Waals surface area contributed by atoms with E-state index in [1.165, 1.54) is 13.8 Å². The molecule has 0 saturated heterocycles. The second-order valence-corrected chi connectivity index (χ2v) is 2.40. The van der Waals surface area contributed by atoms with Gasteiger partial charge in [-0.2, -0.15) is 0 Å². The van der Waals surface area contributed by atoms with Gasteiger partial charge in [0, 0.05) is 32.2 Å². The van der Waals surface area contributed by atoms with E-state index in [-0.39, 0.29) is 20.4 Å². The van der Waals surface area contributed by atoms with Crippen LogP contribution in [-0.4, -0.2) is 36.7 Å². The second kappa shape index (κ2) is 12.9. The van der Waals surface area contributed by atoms with Gasteiger partial charge in [0.2, 0.25) is 0 Å². The van der Waals surface area contributed by atoms with Crippen molar-refractivity contribution >= 4 is 23.6 Å². The van der Waals surface area contributed by atoms with Gasteiger partial charge in [0.1, 0.15) is 0 Å². The molecule has 102 valence electrons. The Balaban J connectivity index is -0.000000218. The molecule has 0 aliphatic carbocycles. The fraction of sp³-hybridized carbons (Fsp3) is 0.500. The van der Waals surface area contributed by atoms with Crippen molar-refractivity contribution in [3.8, 4) is 0 Å². The fourth-order valence-electron chi connectivity index (χ4n) is 0.430. The van der Waals surface area contributed by atoms with Gasteiger partial charge in [0.05, 0.1) is 11.8 Å². The summed E-state index contributed by atoms with van der Waals surface area (Å²) in [6, 6.07) is 0. The monoisotopic (exact) mass is 334 g/mol. The van der Waals surface area contributed by atoms with Crippen LogP contribution in [0.2, 0.25) is 0 Å². The minimum atomic E-state index is -0.683. The Labute approximate surface area is 113 Å². The molecule has 0 bridgehead atoms. The quantitative estimate of drug-likeness (QED) is 0.692. The van der Waals surface area contributed by atoms with Crippen molar-refractivity contribution in [2.24, 2.45) is 0 Å². The molecular formula is C8H12N4O4Pd-4. The zero-order valence-corrected chi connectivity index (χ0v) is 10.8. The zero-order valence-electron chi connectivity index (χ0n) is 9.26. The van der Waals surface area contributed by atoms with Crippen molar-refractivity contribution < 1.29 is 39.6 Å². The molecule has 0 saturated carbocycles. The third-order valence-electron chi connectivity index (χ3n) is 0.867. The van der Waals surface area contributed by atoms with Gasteiger partial charge in [-0.3, -0.25) is 0 Å². The summed E-state index contributed by atoms with van der Waals surface area (Å²) in [5, 5.41) is 5.86. The van der Waals surface area contributed by atoms with Crippen LogP contribution in [0.5, 0.6) is 0 Å². The number of imide groups is 2. The van der Waals surface area contributed by atoms with Crippen LogP contribution in [-0.2, 0) is 39.6 Å². The number of rotatable bonds is 2. The first-order valence-corrected chi connectivity index (χ1v) is 4.13. The van der Waals surface area contributed by atoms with E-state index in [9.17, 15) is 19.2 Å². The van der Waals surface area contributed by atoms with Crippen LogP contribution in [0.3, 0.4) is 0 Å². The van der Waals surface area contributed by atoms with E-state index in [1.54, 1.807) is 0 Å². The summed E-state index contributed by atoms with van der Waals surface area (Å²) in [5.74, 6) is -2.44. The van der Waals surface area contributed by atoms with Crippen LogP contribution in [0.4, 0.5) is 0 Å². The van der Waals surface area contributed by atoms with Crippen LogP contribution in [0.15, 0.2) is 0 Å². The van der Waals surface area contributed by atoms with Gasteiger partial charge in [-0.15, -0.1) is 13.1 Å². The predicted molar refractivity (Wildman–Crippen MR) is 56.5 cm³/mol. The number of hydrogen-bond acceptors (Lipinski definition) is 4. The average Bonchev–Trinajstić information content (AvgIpc) is 2.16. The molecule has 9 heteroatoms. The van der Waals surface area contributed by atoms with E-state index < -0.39 is 36.7 Å². The summed E-state index contributed by atoms with van der Waals surface area (Å²) in [7, 11) is 0. The molecule has 0 radical (unpaired) electrons. The predicted octanol–water partition coefficient (Wildman–Crippen LogP) is 0.968. The van der Waals surface area contributed by atoms with E-state index in [1.807, 2.05) is 0 Å².